The van der Waals surface area contributed by atoms with E-state index >= 15 is 0 Å². The van der Waals surface area contributed by atoms with E-state index in [0.717, 1.165) is 19.3 Å². The van der Waals surface area contributed by atoms with Crippen molar-refractivity contribution in [1.82, 2.24) is 0 Å². The number of alkyl halides is 3. The average molecular weight is 261 g/mol. The molecular weight excluding hydrogens is 247 g/mol. The predicted octanol–water partition coefficient (Wildman–Crippen LogP) is 2.91. The van der Waals surface area contributed by atoms with E-state index in [9.17, 15) is 18.3 Å². The molecule has 2 atom stereocenters. The summed E-state index contributed by atoms with van der Waals surface area (Å²) in [4.78, 5) is 0. The Balaban J connectivity index is 2.03. The lowest BCUT2D eigenvalue weighted by Crippen LogP contribution is -2.27. The maximum atomic E-state index is 12.1. The first-order valence-electron chi connectivity index (χ1n) is 5.74. The van der Waals surface area contributed by atoms with E-state index in [4.69, 9.17) is 0 Å². The second kappa shape index (κ2) is 5.06. The minimum Gasteiger partial charge on any atom is -0.406 e. The highest BCUT2D eigenvalue weighted by Gasteiger charge is 2.31. The fourth-order valence-electron chi connectivity index (χ4n) is 2.11. The molecule has 0 saturated heterocycles. The van der Waals surface area contributed by atoms with Gasteiger partial charge in [0.1, 0.15) is 5.75 Å². The summed E-state index contributed by atoms with van der Waals surface area (Å²) in [7, 11) is 0. The van der Waals surface area contributed by atoms with E-state index in [1.807, 2.05) is 0 Å². The Kier molecular flexibility index (Phi) is 3.65. The van der Waals surface area contributed by atoms with Crippen LogP contribution in [-0.4, -0.2) is 23.6 Å². The molecule has 0 spiro atoms. The Labute approximate surface area is 103 Å². The van der Waals surface area contributed by atoms with Crippen LogP contribution in [-0.2, 0) is 0 Å². The molecule has 0 aromatic heterocycles. The van der Waals surface area contributed by atoms with Crippen molar-refractivity contribution in [3.8, 4) is 5.75 Å². The van der Waals surface area contributed by atoms with E-state index in [-0.39, 0.29) is 11.8 Å². The number of aliphatic hydroxyl groups excluding tert-OH is 1. The molecule has 0 bridgehead atoms. The molecule has 2 N–H and O–H groups in total. The molecule has 0 amide bonds. The molecule has 1 aliphatic carbocycles. The highest BCUT2D eigenvalue weighted by atomic mass is 19.4. The van der Waals surface area contributed by atoms with E-state index < -0.39 is 12.5 Å². The number of benzene rings is 1. The van der Waals surface area contributed by atoms with Crippen LogP contribution < -0.4 is 10.1 Å². The van der Waals surface area contributed by atoms with Crippen LogP contribution in [0.5, 0.6) is 5.75 Å². The first kappa shape index (κ1) is 13.0. The smallest absolute Gasteiger partial charge is 0.406 e. The zero-order valence-electron chi connectivity index (χ0n) is 9.57. The highest BCUT2D eigenvalue weighted by Crippen LogP contribution is 2.27. The molecule has 0 unspecified atom stereocenters. The Morgan fingerprint density at radius 3 is 2.67 bits per heavy atom. The number of nitrogens with one attached hydrogen (secondary N) is 1. The lowest BCUT2D eigenvalue weighted by Gasteiger charge is -2.18. The van der Waals surface area contributed by atoms with Gasteiger partial charge >= 0.3 is 6.36 Å². The highest BCUT2D eigenvalue weighted by molar-refractivity contribution is 5.49. The third-order valence-electron chi connectivity index (χ3n) is 2.90. The molecule has 6 heteroatoms. The third kappa shape index (κ3) is 3.53. The third-order valence-corrected chi connectivity index (χ3v) is 2.90. The SMILES string of the molecule is O[C@H]1CCC[C@@H]1Nc1cccc(OC(F)(F)F)c1. The Morgan fingerprint density at radius 1 is 1.28 bits per heavy atom. The first-order chi connectivity index (χ1) is 8.44. The summed E-state index contributed by atoms with van der Waals surface area (Å²) in [5, 5.41) is 12.7. The number of aliphatic hydroxyl groups is 1. The summed E-state index contributed by atoms with van der Waals surface area (Å²) in [5.74, 6) is -0.264. The minimum atomic E-state index is -4.69. The summed E-state index contributed by atoms with van der Waals surface area (Å²) in [6.07, 6.45) is -2.69. The van der Waals surface area contributed by atoms with Crippen LogP contribution in [0.4, 0.5) is 18.9 Å². The quantitative estimate of drug-likeness (QED) is 0.879. The van der Waals surface area contributed by atoms with Gasteiger partial charge < -0.3 is 15.2 Å². The second-order valence-corrected chi connectivity index (χ2v) is 4.32. The minimum absolute atomic E-state index is 0.105. The van der Waals surface area contributed by atoms with Crippen LogP contribution >= 0.6 is 0 Å². The number of halogens is 3. The number of rotatable bonds is 3. The number of anilines is 1. The van der Waals surface area contributed by atoms with Gasteiger partial charge in [-0.1, -0.05) is 6.07 Å². The van der Waals surface area contributed by atoms with E-state index in [0.29, 0.717) is 5.69 Å². The van der Waals surface area contributed by atoms with Crippen molar-refractivity contribution >= 4 is 5.69 Å². The summed E-state index contributed by atoms with van der Waals surface area (Å²) >= 11 is 0. The van der Waals surface area contributed by atoms with Crippen LogP contribution in [0.2, 0.25) is 0 Å². The molecule has 1 aromatic rings. The Hall–Kier alpha value is -1.43. The fourth-order valence-corrected chi connectivity index (χ4v) is 2.11. The monoisotopic (exact) mass is 261 g/mol. The van der Waals surface area contributed by atoms with Gasteiger partial charge in [-0.2, -0.15) is 0 Å². The summed E-state index contributed by atoms with van der Waals surface area (Å²) in [6, 6.07) is 5.53. The van der Waals surface area contributed by atoms with Crippen LogP contribution in [0.25, 0.3) is 0 Å². The number of hydrogen-bond acceptors (Lipinski definition) is 3. The normalized spacial score (nSPS) is 24.0. The Bertz CT molecular complexity index is 409. The van der Waals surface area contributed by atoms with Crippen molar-refractivity contribution in [1.29, 1.82) is 0 Å². The van der Waals surface area contributed by atoms with Gasteiger partial charge in [-0.25, -0.2) is 0 Å². The summed E-state index contributed by atoms with van der Waals surface area (Å²) in [6.45, 7) is 0. The van der Waals surface area contributed by atoms with Gasteiger partial charge in [0.25, 0.3) is 0 Å². The van der Waals surface area contributed by atoms with Gasteiger partial charge in [0, 0.05) is 11.8 Å². The first-order valence-corrected chi connectivity index (χ1v) is 5.74. The number of hydrogen-bond donors (Lipinski definition) is 2. The van der Waals surface area contributed by atoms with Crippen LogP contribution in [0.3, 0.4) is 0 Å². The molecule has 1 aliphatic rings. The fraction of sp³-hybridized carbons (Fsp3) is 0.500. The van der Waals surface area contributed by atoms with Crippen molar-refractivity contribution in [2.24, 2.45) is 0 Å². The van der Waals surface area contributed by atoms with Crippen LogP contribution in [0, 0.1) is 0 Å². The molecule has 1 saturated carbocycles. The summed E-state index contributed by atoms with van der Waals surface area (Å²) < 4.78 is 40.0. The van der Waals surface area contributed by atoms with Gasteiger partial charge in [-0.15, -0.1) is 13.2 Å². The maximum absolute atomic E-state index is 12.1. The molecular formula is C12H14F3NO2. The van der Waals surface area contributed by atoms with Crippen molar-refractivity contribution in [3.05, 3.63) is 24.3 Å². The van der Waals surface area contributed by atoms with E-state index in [1.54, 1.807) is 6.07 Å². The lowest BCUT2D eigenvalue weighted by atomic mass is 10.2. The Morgan fingerprint density at radius 2 is 2.06 bits per heavy atom. The molecule has 0 heterocycles. The lowest BCUT2D eigenvalue weighted by molar-refractivity contribution is -0.274. The van der Waals surface area contributed by atoms with Crippen LogP contribution in [0.1, 0.15) is 19.3 Å². The largest absolute Gasteiger partial charge is 0.573 e. The molecule has 3 nitrogen and oxygen atoms in total. The van der Waals surface area contributed by atoms with Gasteiger partial charge in [0.05, 0.1) is 12.1 Å². The van der Waals surface area contributed by atoms with Gasteiger partial charge in [0.2, 0.25) is 0 Å². The molecule has 1 fully saturated rings. The van der Waals surface area contributed by atoms with Crippen molar-refractivity contribution in [2.75, 3.05) is 5.32 Å². The van der Waals surface area contributed by atoms with E-state index in [1.165, 1.54) is 18.2 Å². The predicted molar refractivity (Wildman–Crippen MR) is 60.4 cm³/mol. The van der Waals surface area contributed by atoms with Gasteiger partial charge in [-0.05, 0) is 31.4 Å². The van der Waals surface area contributed by atoms with E-state index in [2.05, 4.69) is 10.1 Å². The molecule has 1 aromatic carbocycles. The molecule has 2 rings (SSSR count). The van der Waals surface area contributed by atoms with Gasteiger partial charge in [-0.3, -0.25) is 0 Å². The van der Waals surface area contributed by atoms with Crippen molar-refractivity contribution < 1.29 is 23.0 Å². The zero-order chi connectivity index (χ0) is 13.2. The molecule has 100 valence electrons. The molecule has 0 radical (unpaired) electrons. The maximum Gasteiger partial charge on any atom is 0.573 e. The summed E-state index contributed by atoms with van der Waals surface area (Å²) in [5.41, 5.74) is 0.516. The molecule has 18 heavy (non-hydrogen) atoms. The second-order valence-electron chi connectivity index (χ2n) is 4.32. The van der Waals surface area contributed by atoms with Crippen LogP contribution in [0.15, 0.2) is 24.3 Å². The average Bonchev–Trinajstić information content (AvgIpc) is 2.62. The van der Waals surface area contributed by atoms with Crippen molar-refractivity contribution in [3.63, 3.8) is 0 Å². The van der Waals surface area contributed by atoms with Crippen molar-refractivity contribution in [2.45, 2.75) is 37.8 Å². The van der Waals surface area contributed by atoms with Gasteiger partial charge in [0.15, 0.2) is 0 Å². The molecule has 0 aliphatic heterocycles. The topological polar surface area (TPSA) is 41.5 Å². The standard InChI is InChI=1S/C12H14F3NO2/c13-12(14,15)18-9-4-1-3-8(7-9)16-10-5-2-6-11(10)17/h1,3-4,7,10-11,16-17H,2,5-6H2/t10-,11-/m0/s1. The zero-order valence-corrected chi connectivity index (χ0v) is 9.57. The number of ether oxygens (including phenoxy) is 1.